The van der Waals surface area contributed by atoms with E-state index in [4.69, 9.17) is 0 Å². The van der Waals surface area contributed by atoms with Gasteiger partial charge in [0.2, 0.25) is 0 Å². The topological polar surface area (TPSA) is 19.7 Å². The van der Waals surface area contributed by atoms with Crippen molar-refractivity contribution in [2.75, 3.05) is 0 Å². The minimum Gasteiger partial charge on any atom is -0.310 e. The fourth-order valence-electron chi connectivity index (χ4n) is 14.5. The lowest BCUT2D eigenvalue weighted by Crippen LogP contribution is -2.62. The van der Waals surface area contributed by atoms with E-state index in [-0.39, 0.29) is 13.4 Å². The smallest absolute Gasteiger partial charge is 0.252 e. The maximum absolute atomic E-state index is 2.68. The Hall–Kier alpha value is -8.73. The summed E-state index contributed by atoms with van der Waals surface area (Å²) in [4.78, 5) is 0. The molecule has 4 nitrogen and oxygen atoms in total. The normalized spacial score (nSPS) is 13.8. The predicted octanol–water partition coefficient (Wildman–Crippen LogP) is 10.7. The van der Waals surface area contributed by atoms with Crippen LogP contribution in [0.25, 0.3) is 132 Å². The molecular formula is C62H32B2N4. The molecule has 0 radical (unpaired) electrons. The number of nitrogens with zero attached hydrogens (tertiary/aromatic N) is 4. The standard InChI is InChI=1S/C62H32B2N4/c1-3-13-35-29-53-43(27-33(35)11-1)41-23-25-51-57-61(41)67(53)55-31-48-56(32-47(55)63(57)45-19-9-17-39-37-15-5-7-21-49(37)65(51)59(39)45)68-54-30-36-14-4-2-12-34(36)28-44(54)42-24-26-52-58(62(42)68)64(48)46-20-10-18-40-38-16-6-8-22-50(38)66(52)60(40)46/h1-32H. The number of para-hydroxylation sites is 4. The van der Waals surface area contributed by atoms with Crippen LogP contribution in [0.15, 0.2) is 194 Å². The summed E-state index contributed by atoms with van der Waals surface area (Å²) in [7, 11) is 0. The van der Waals surface area contributed by atoms with Crippen LogP contribution in [0.3, 0.4) is 0 Å². The van der Waals surface area contributed by atoms with Crippen molar-refractivity contribution in [1.29, 1.82) is 0 Å². The van der Waals surface area contributed by atoms with E-state index in [1.807, 2.05) is 0 Å². The molecule has 68 heavy (non-hydrogen) atoms. The van der Waals surface area contributed by atoms with Crippen LogP contribution in [0.5, 0.6) is 0 Å². The number of fused-ring (bicyclic) bond motifs is 24. The Bertz CT molecular complexity index is 4690. The molecule has 4 aliphatic rings. The third-order valence-electron chi connectivity index (χ3n) is 17.0. The molecule has 4 aliphatic heterocycles. The highest BCUT2D eigenvalue weighted by atomic mass is 15.1. The van der Waals surface area contributed by atoms with Gasteiger partial charge < -0.3 is 18.3 Å². The Morgan fingerprint density at radius 2 is 0.618 bits per heavy atom. The van der Waals surface area contributed by atoms with Crippen LogP contribution in [-0.2, 0) is 0 Å². The van der Waals surface area contributed by atoms with Crippen molar-refractivity contribution in [3.63, 3.8) is 0 Å². The van der Waals surface area contributed by atoms with Crippen LogP contribution in [0.2, 0.25) is 0 Å². The van der Waals surface area contributed by atoms with Crippen molar-refractivity contribution in [3.8, 4) is 22.7 Å². The largest absolute Gasteiger partial charge is 0.310 e. The van der Waals surface area contributed by atoms with Gasteiger partial charge in [0.05, 0.1) is 33.1 Å². The van der Waals surface area contributed by atoms with E-state index < -0.39 is 0 Å². The highest BCUT2D eigenvalue weighted by Crippen LogP contribution is 2.44. The molecule has 4 aromatic heterocycles. The van der Waals surface area contributed by atoms with Crippen molar-refractivity contribution in [2.24, 2.45) is 0 Å². The van der Waals surface area contributed by atoms with Gasteiger partial charge in [0.25, 0.3) is 13.4 Å². The fourth-order valence-corrected chi connectivity index (χ4v) is 14.5. The summed E-state index contributed by atoms with van der Waals surface area (Å²) in [5, 5.41) is 15.5. The molecule has 11 aromatic carbocycles. The lowest BCUT2D eigenvalue weighted by molar-refractivity contribution is 1.14. The Kier molecular flexibility index (Phi) is 5.50. The second kappa shape index (κ2) is 11.1. The van der Waals surface area contributed by atoms with Crippen LogP contribution < -0.4 is 32.8 Å². The Balaban J connectivity index is 1.04. The third-order valence-corrected chi connectivity index (χ3v) is 17.0. The maximum atomic E-state index is 2.68. The summed E-state index contributed by atoms with van der Waals surface area (Å²) in [5.74, 6) is 0. The fraction of sp³-hybridized carbons (Fsp3) is 0. The van der Waals surface area contributed by atoms with E-state index in [0.29, 0.717) is 0 Å². The quantitative estimate of drug-likeness (QED) is 0.135. The SMILES string of the molecule is c1ccc2cc3c(cc2c1)c1ccc2c4c1n3-c1cc3c(cc1B4c1cccc4c5ccccc5n-2c14)-n1c2cc4ccccc4cc2c2ccc4c(c21)B3c1cccc2c3ccccc3n-4c12. The highest BCUT2D eigenvalue weighted by Gasteiger charge is 2.45. The van der Waals surface area contributed by atoms with Crippen molar-refractivity contribution >= 4 is 155 Å². The molecule has 0 amide bonds. The van der Waals surface area contributed by atoms with Gasteiger partial charge in [-0.3, -0.25) is 0 Å². The van der Waals surface area contributed by atoms with Gasteiger partial charge in [-0.15, -0.1) is 0 Å². The molecule has 19 rings (SSSR count). The summed E-state index contributed by atoms with van der Waals surface area (Å²) < 4.78 is 10.5. The van der Waals surface area contributed by atoms with Gasteiger partial charge in [0, 0.05) is 76.9 Å². The summed E-state index contributed by atoms with van der Waals surface area (Å²) in [6, 6.07) is 74.8. The average Bonchev–Trinajstić information content (AvgIpc) is 4.12. The first kappa shape index (κ1) is 33.7. The van der Waals surface area contributed by atoms with Crippen LogP contribution in [0, 0.1) is 0 Å². The lowest BCUT2D eigenvalue weighted by atomic mass is 9.32. The van der Waals surface area contributed by atoms with Gasteiger partial charge >= 0.3 is 0 Å². The molecule has 306 valence electrons. The molecular weight excluding hydrogens is 822 g/mol. The molecule has 0 saturated heterocycles. The van der Waals surface area contributed by atoms with Crippen LogP contribution in [-0.4, -0.2) is 31.7 Å². The molecule has 0 aliphatic carbocycles. The minimum atomic E-state index is 0.0175. The van der Waals surface area contributed by atoms with Crippen LogP contribution >= 0.6 is 0 Å². The van der Waals surface area contributed by atoms with E-state index in [1.54, 1.807) is 0 Å². The van der Waals surface area contributed by atoms with Crippen molar-refractivity contribution in [1.82, 2.24) is 18.3 Å². The molecule has 0 fully saturated rings. The summed E-state index contributed by atoms with van der Waals surface area (Å²) in [6.07, 6.45) is 0. The Morgan fingerprint density at radius 1 is 0.235 bits per heavy atom. The van der Waals surface area contributed by atoms with Gasteiger partial charge in [-0.1, -0.05) is 133 Å². The van der Waals surface area contributed by atoms with Crippen molar-refractivity contribution < 1.29 is 0 Å². The molecule has 0 saturated carbocycles. The molecule has 0 atom stereocenters. The molecule has 0 N–H and O–H groups in total. The van der Waals surface area contributed by atoms with Gasteiger partial charge in [-0.25, -0.2) is 0 Å². The second-order valence-corrected chi connectivity index (χ2v) is 19.9. The molecule has 6 heteroatoms. The average molecular weight is 855 g/mol. The number of aromatic nitrogens is 4. The first-order chi connectivity index (χ1) is 33.8. The van der Waals surface area contributed by atoms with Gasteiger partial charge in [-0.2, -0.15) is 0 Å². The van der Waals surface area contributed by atoms with E-state index >= 15 is 0 Å². The Labute approximate surface area is 388 Å². The summed E-state index contributed by atoms with van der Waals surface area (Å²) >= 11 is 0. The van der Waals surface area contributed by atoms with E-state index in [1.165, 1.54) is 164 Å². The molecule has 0 unspecified atom stereocenters. The zero-order valence-electron chi connectivity index (χ0n) is 36.4. The molecule has 15 aromatic rings. The van der Waals surface area contributed by atoms with Gasteiger partial charge in [0.1, 0.15) is 0 Å². The zero-order valence-corrected chi connectivity index (χ0v) is 36.4. The number of hydrogen-bond donors (Lipinski definition) is 0. The van der Waals surface area contributed by atoms with E-state index in [0.717, 1.165) is 0 Å². The number of benzene rings is 11. The predicted molar refractivity (Wildman–Crippen MR) is 288 cm³/mol. The van der Waals surface area contributed by atoms with Crippen LogP contribution in [0.1, 0.15) is 0 Å². The maximum Gasteiger partial charge on any atom is 0.252 e. The van der Waals surface area contributed by atoms with Crippen molar-refractivity contribution in [3.05, 3.63) is 194 Å². The van der Waals surface area contributed by atoms with Crippen molar-refractivity contribution in [2.45, 2.75) is 0 Å². The number of hydrogen-bond acceptors (Lipinski definition) is 0. The first-order valence-electron chi connectivity index (χ1n) is 24.0. The summed E-state index contributed by atoms with van der Waals surface area (Å²) in [6.45, 7) is 0.0351. The van der Waals surface area contributed by atoms with Gasteiger partial charge in [-0.05, 0) is 115 Å². The molecule has 0 bridgehead atoms. The zero-order chi connectivity index (χ0) is 43.4. The monoisotopic (exact) mass is 854 g/mol. The highest BCUT2D eigenvalue weighted by molar-refractivity contribution is 7.02. The van der Waals surface area contributed by atoms with E-state index in [9.17, 15) is 0 Å². The first-order valence-corrected chi connectivity index (χ1v) is 24.0. The Morgan fingerprint density at radius 3 is 1.09 bits per heavy atom. The molecule has 0 spiro atoms. The molecule has 8 heterocycles. The minimum absolute atomic E-state index is 0.0175. The van der Waals surface area contributed by atoms with Crippen LogP contribution in [0.4, 0.5) is 0 Å². The summed E-state index contributed by atoms with van der Waals surface area (Å²) in [5.41, 5.74) is 23.8. The number of rotatable bonds is 0. The second-order valence-electron chi connectivity index (χ2n) is 19.9. The van der Waals surface area contributed by atoms with Gasteiger partial charge in [0.15, 0.2) is 0 Å². The van der Waals surface area contributed by atoms with E-state index in [2.05, 4.69) is 212 Å². The third kappa shape index (κ3) is 3.57. The lowest BCUT2D eigenvalue weighted by Gasteiger charge is -2.37.